The van der Waals surface area contributed by atoms with Crippen LogP contribution in [0.4, 0.5) is 0 Å². The molecule has 2 aliphatic heterocycles. The molecule has 4 atom stereocenters. The number of carboxylic acid groups (broad SMARTS) is 1. The molecule has 3 heterocycles. The van der Waals surface area contributed by atoms with E-state index in [0.29, 0.717) is 18.9 Å². The quantitative estimate of drug-likeness (QED) is 0.395. The number of nitrogens with zero attached hydrogens (tertiary/aromatic N) is 2. The SMILES string of the molecule is Cc1cccc(CCC(=O)O)c1[C@H]1[C@@H](c2nc(C(=O)NCCCCC3CCCCC3)no2)[C@@H]2CC[C@H]1O2. The Kier molecular flexibility index (Phi) is 8.23. The number of hydrogen-bond acceptors (Lipinski definition) is 6. The van der Waals surface area contributed by atoms with E-state index in [1.54, 1.807) is 0 Å². The van der Waals surface area contributed by atoms with E-state index in [-0.39, 0.29) is 42.2 Å². The highest BCUT2D eigenvalue weighted by molar-refractivity contribution is 5.90. The number of fused-ring (bicyclic) bond motifs is 2. The van der Waals surface area contributed by atoms with Gasteiger partial charge >= 0.3 is 5.97 Å². The first-order chi connectivity index (χ1) is 18.0. The molecule has 3 aliphatic rings. The smallest absolute Gasteiger partial charge is 0.303 e. The van der Waals surface area contributed by atoms with Gasteiger partial charge in [-0.15, -0.1) is 0 Å². The summed E-state index contributed by atoms with van der Waals surface area (Å²) < 4.78 is 12.0. The van der Waals surface area contributed by atoms with Gasteiger partial charge in [0, 0.05) is 18.9 Å². The van der Waals surface area contributed by atoms with E-state index in [1.165, 1.54) is 38.5 Å². The molecule has 5 rings (SSSR count). The number of nitrogens with one attached hydrogen (secondary N) is 1. The third-order valence-corrected chi connectivity index (χ3v) is 8.61. The minimum absolute atomic E-state index is 0.0000987. The minimum atomic E-state index is -0.810. The highest BCUT2D eigenvalue weighted by Gasteiger charge is 2.53. The Hall–Kier alpha value is -2.74. The van der Waals surface area contributed by atoms with Gasteiger partial charge in [-0.2, -0.15) is 4.98 Å². The Morgan fingerprint density at radius 3 is 2.62 bits per heavy atom. The summed E-state index contributed by atoms with van der Waals surface area (Å²) in [6.45, 7) is 2.68. The number of carboxylic acids is 1. The Balaban J connectivity index is 1.24. The number of benzene rings is 1. The van der Waals surface area contributed by atoms with E-state index in [4.69, 9.17) is 9.26 Å². The molecule has 1 aliphatic carbocycles. The van der Waals surface area contributed by atoms with Gasteiger partial charge in [0.25, 0.3) is 11.7 Å². The summed E-state index contributed by atoms with van der Waals surface area (Å²) in [7, 11) is 0. The van der Waals surface area contributed by atoms with Crippen molar-refractivity contribution in [1.29, 1.82) is 0 Å². The van der Waals surface area contributed by atoms with Crippen molar-refractivity contribution >= 4 is 11.9 Å². The highest BCUT2D eigenvalue weighted by atomic mass is 16.5. The molecule has 2 saturated heterocycles. The summed E-state index contributed by atoms with van der Waals surface area (Å²) >= 11 is 0. The number of carbonyl (C=O) groups is 2. The van der Waals surface area contributed by atoms with Crippen molar-refractivity contribution < 1.29 is 24.0 Å². The Morgan fingerprint density at radius 2 is 1.84 bits per heavy atom. The van der Waals surface area contributed by atoms with Gasteiger partial charge in [-0.25, -0.2) is 0 Å². The van der Waals surface area contributed by atoms with Crippen LogP contribution in [0.15, 0.2) is 22.7 Å². The summed E-state index contributed by atoms with van der Waals surface area (Å²) in [4.78, 5) is 28.5. The number of unbranched alkanes of at least 4 members (excludes halogenated alkanes) is 1. The Labute approximate surface area is 218 Å². The van der Waals surface area contributed by atoms with Crippen molar-refractivity contribution in [3.8, 4) is 0 Å². The molecule has 0 spiro atoms. The second-order valence-electron chi connectivity index (χ2n) is 11.1. The highest BCUT2D eigenvalue weighted by Crippen LogP contribution is 2.54. The molecule has 1 aromatic heterocycles. The molecule has 200 valence electrons. The van der Waals surface area contributed by atoms with Crippen molar-refractivity contribution in [3.05, 3.63) is 46.6 Å². The standard InChI is InChI=1S/C29H39N3O5/c1-18-8-7-12-20(13-16-23(33)34)24(18)25-21-14-15-22(36-21)26(25)29-31-27(32-37-29)28(35)30-17-6-5-11-19-9-3-2-4-10-19/h7-8,12,19,21-22,25-26H,2-6,9-11,13-17H2,1H3,(H,30,35)(H,33,34)/t21-,22+,25+,26+/m1/s1. The summed E-state index contributed by atoms with van der Waals surface area (Å²) in [6.07, 6.45) is 12.5. The maximum Gasteiger partial charge on any atom is 0.303 e. The largest absolute Gasteiger partial charge is 0.481 e. The number of rotatable bonds is 11. The average Bonchev–Trinajstić information content (AvgIpc) is 3.64. The number of hydrogen-bond donors (Lipinski definition) is 2. The first kappa shape index (κ1) is 25.9. The van der Waals surface area contributed by atoms with Crippen molar-refractivity contribution in [1.82, 2.24) is 15.5 Å². The predicted molar refractivity (Wildman–Crippen MR) is 138 cm³/mol. The van der Waals surface area contributed by atoms with Crippen LogP contribution in [0.25, 0.3) is 0 Å². The van der Waals surface area contributed by atoms with Crippen LogP contribution in [0.2, 0.25) is 0 Å². The van der Waals surface area contributed by atoms with E-state index in [9.17, 15) is 14.7 Å². The van der Waals surface area contributed by atoms with Crippen LogP contribution in [0.1, 0.15) is 116 Å². The lowest BCUT2D eigenvalue weighted by atomic mass is 9.72. The lowest BCUT2D eigenvalue weighted by Crippen LogP contribution is -2.27. The van der Waals surface area contributed by atoms with Crippen LogP contribution in [0.3, 0.4) is 0 Å². The van der Waals surface area contributed by atoms with Crippen LogP contribution in [-0.2, 0) is 16.0 Å². The maximum atomic E-state index is 12.7. The Morgan fingerprint density at radius 1 is 1.05 bits per heavy atom. The zero-order valence-electron chi connectivity index (χ0n) is 21.8. The third kappa shape index (κ3) is 5.89. The molecular formula is C29H39N3O5. The van der Waals surface area contributed by atoms with E-state index >= 15 is 0 Å². The fourth-order valence-electron chi connectivity index (χ4n) is 6.81. The number of aromatic nitrogens is 2. The van der Waals surface area contributed by atoms with Gasteiger partial charge in [0.15, 0.2) is 0 Å². The molecule has 37 heavy (non-hydrogen) atoms. The van der Waals surface area contributed by atoms with E-state index < -0.39 is 5.97 Å². The predicted octanol–water partition coefficient (Wildman–Crippen LogP) is 5.30. The minimum Gasteiger partial charge on any atom is -0.481 e. The summed E-state index contributed by atoms with van der Waals surface area (Å²) in [5, 5.41) is 16.2. The summed E-state index contributed by atoms with van der Waals surface area (Å²) in [6, 6.07) is 6.04. The fraction of sp³-hybridized carbons (Fsp3) is 0.655. The van der Waals surface area contributed by atoms with E-state index in [2.05, 4.69) is 28.4 Å². The first-order valence-corrected chi connectivity index (χ1v) is 14.1. The van der Waals surface area contributed by atoms with Crippen LogP contribution in [-0.4, -0.2) is 45.9 Å². The topological polar surface area (TPSA) is 115 Å². The molecule has 1 aromatic carbocycles. The van der Waals surface area contributed by atoms with E-state index in [1.807, 2.05) is 12.1 Å². The van der Waals surface area contributed by atoms with Crippen molar-refractivity contribution in [2.45, 2.75) is 108 Å². The van der Waals surface area contributed by atoms with Gasteiger partial charge < -0.3 is 19.7 Å². The van der Waals surface area contributed by atoms with Gasteiger partial charge in [0.05, 0.1) is 18.1 Å². The molecule has 2 aromatic rings. The van der Waals surface area contributed by atoms with Gasteiger partial charge in [0.1, 0.15) is 0 Å². The van der Waals surface area contributed by atoms with Gasteiger partial charge in [-0.1, -0.05) is 68.3 Å². The number of aliphatic carboxylic acids is 1. The molecule has 0 radical (unpaired) electrons. The van der Waals surface area contributed by atoms with Crippen molar-refractivity contribution in [2.75, 3.05) is 6.54 Å². The molecule has 1 amide bonds. The Bertz CT molecular complexity index is 1090. The number of ether oxygens (including phenoxy) is 1. The average molecular weight is 510 g/mol. The fourth-order valence-corrected chi connectivity index (χ4v) is 6.81. The van der Waals surface area contributed by atoms with Gasteiger partial charge in [0.2, 0.25) is 5.89 Å². The molecule has 8 heteroatoms. The van der Waals surface area contributed by atoms with Crippen LogP contribution < -0.4 is 5.32 Å². The summed E-state index contributed by atoms with van der Waals surface area (Å²) in [5.41, 5.74) is 3.27. The van der Waals surface area contributed by atoms with E-state index in [0.717, 1.165) is 48.3 Å². The monoisotopic (exact) mass is 509 g/mol. The first-order valence-electron chi connectivity index (χ1n) is 14.1. The lowest BCUT2D eigenvalue weighted by molar-refractivity contribution is -0.136. The number of amides is 1. The molecule has 8 nitrogen and oxygen atoms in total. The van der Waals surface area contributed by atoms with Gasteiger partial charge in [-0.05, 0) is 55.2 Å². The zero-order chi connectivity index (χ0) is 25.8. The normalized spacial score (nSPS) is 25.4. The van der Waals surface area contributed by atoms with Crippen molar-refractivity contribution in [3.63, 3.8) is 0 Å². The number of carbonyl (C=O) groups excluding carboxylic acids is 1. The second-order valence-corrected chi connectivity index (χ2v) is 11.1. The molecule has 2 N–H and O–H groups in total. The van der Waals surface area contributed by atoms with Gasteiger partial charge in [-0.3, -0.25) is 9.59 Å². The van der Waals surface area contributed by atoms with Crippen LogP contribution >= 0.6 is 0 Å². The molecule has 0 unspecified atom stereocenters. The number of aryl methyl sites for hydroxylation is 2. The lowest BCUT2D eigenvalue weighted by Gasteiger charge is -2.29. The maximum absolute atomic E-state index is 12.7. The zero-order valence-corrected chi connectivity index (χ0v) is 21.8. The van der Waals surface area contributed by atoms with Crippen molar-refractivity contribution in [2.24, 2.45) is 5.92 Å². The molecule has 1 saturated carbocycles. The summed E-state index contributed by atoms with van der Waals surface area (Å²) in [5.74, 6) is 0.111. The van der Waals surface area contributed by atoms with Crippen LogP contribution in [0, 0.1) is 12.8 Å². The van der Waals surface area contributed by atoms with Crippen LogP contribution in [0.5, 0.6) is 0 Å². The molecule has 2 bridgehead atoms. The second kappa shape index (κ2) is 11.8. The third-order valence-electron chi connectivity index (χ3n) is 8.61. The molecular weight excluding hydrogens is 470 g/mol. The molecule has 3 fully saturated rings.